The number of H-pyrrole nitrogens is 1. The molecule has 2 nitrogen and oxygen atoms in total. The van der Waals surface area contributed by atoms with Crippen LogP contribution < -0.4 is 5.46 Å². The van der Waals surface area contributed by atoms with Crippen molar-refractivity contribution in [3.8, 4) is 0 Å². The van der Waals surface area contributed by atoms with Crippen LogP contribution in [0.5, 0.6) is 0 Å². The van der Waals surface area contributed by atoms with Gasteiger partial charge in [-0.05, 0) is 31.2 Å². The lowest BCUT2D eigenvalue weighted by Crippen LogP contribution is -2.27. The van der Waals surface area contributed by atoms with Crippen LogP contribution in [0.4, 0.5) is 26.3 Å². The van der Waals surface area contributed by atoms with Crippen molar-refractivity contribution in [1.29, 1.82) is 0 Å². The van der Waals surface area contributed by atoms with Gasteiger partial charge in [0.15, 0.2) is 0 Å². The maximum atomic E-state index is 12.9. The molecule has 0 radical (unpaired) electrons. The van der Waals surface area contributed by atoms with E-state index in [0.717, 1.165) is 10.9 Å². The summed E-state index contributed by atoms with van der Waals surface area (Å²) < 4.78 is 77.5. The topological polar surface area (TPSA) is 32.9 Å². The maximum absolute atomic E-state index is 12.9. The Bertz CT molecular complexity index is 987. The van der Waals surface area contributed by atoms with Crippen molar-refractivity contribution in [2.24, 2.45) is 0 Å². The Balaban J connectivity index is 1.96. The van der Waals surface area contributed by atoms with Crippen molar-refractivity contribution < 1.29 is 31.1 Å². The van der Waals surface area contributed by atoms with E-state index in [1.807, 2.05) is 19.1 Å². The van der Waals surface area contributed by atoms with Crippen LogP contribution in [0.1, 0.15) is 27.2 Å². The second-order valence-corrected chi connectivity index (χ2v) is 6.29. The molecule has 3 rings (SSSR count). The predicted octanol–water partition coefficient (Wildman–Crippen LogP) is 4.42. The molecule has 0 aliphatic rings. The van der Waals surface area contributed by atoms with Crippen LogP contribution in [0, 0.1) is 6.92 Å². The first-order chi connectivity index (χ1) is 12.4. The molecular formula is C18H12BF6NO. The highest BCUT2D eigenvalue weighted by Gasteiger charge is 2.37. The van der Waals surface area contributed by atoms with Gasteiger partial charge in [-0.25, -0.2) is 0 Å². The number of carbonyl (C=O) groups is 1. The Morgan fingerprint density at radius 3 is 2.04 bits per heavy atom. The van der Waals surface area contributed by atoms with Crippen molar-refractivity contribution in [2.75, 3.05) is 0 Å². The summed E-state index contributed by atoms with van der Waals surface area (Å²) in [5, 5.41) is 0.735. The third-order valence-corrected chi connectivity index (χ3v) is 4.09. The molecule has 140 valence electrons. The second kappa shape index (κ2) is 6.47. The fourth-order valence-corrected chi connectivity index (χ4v) is 2.80. The first kappa shape index (κ1) is 19.1. The molecule has 1 heterocycles. The minimum atomic E-state index is -4.95. The van der Waals surface area contributed by atoms with E-state index in [0.29, 0.717) is 17.6 Å². The number of benzene rings is 2. The quantitative estimate of drug-likeness (QED) is 0.528. The van der Waals surface area contributed by atoms with Gasteiger partial charge in [-0.3, -0.25) is 0 Å². The lowest BCUT2D eigenvalue weighted by molar-refractivity contribution is -0.142. The van der Waals surface area contributed by atoms with Crippen LogP contribution in [0.15, 0.2) is 42.5 Å². The van der Waals surface area contributed by atoms with Crippen LogP contribution in [0.25, 0.3) is 10.9 Å². The molecule has 0 bridgehead atoms. The number of hydrogen-bond acceptors (Lipinski definition) is 1. The van der Waals surface area contributed by atoms with Gasteiger partial charge in [0.25, 0.3) is 0 Å². The van der Waals surface area contributed by atoms with Crippen molar-refractivity contribution in [3.05, 3.63) is 64.8 Å². The second-order valence-electron chi connectivity index (χ2n) is 6.29. The molecule has 0 amide bonds. The first-order valence-electron chi connectivity index (χ1n) is 7.84. The summed E-state index contributed by atoms with van der Waals surface area (Å²) in [6.45, 7) is 1.86. The van der Waals surface area contributed by atoms with E-state index in [9.17, 15) is 31.1 Å². The molecule has 0 atom stereocenters. The summed E-state index contributed by atoms with van der Waals surface area (Å²) in [5.74, 6) is 0. The molecule has 0 unspecified atom stereocenters. The SMILES string of the molecule is Cc1ccc2[nH]c(C(=O)Bc3cc(C(F)(F)F)cc(C(F)(F)F)c3)cc2c1. The van der Waals surface area contributed by atoms with E-state index < -0.39 is 36.4 Å². The van der Waals surface area contributed by atoms with Crippen molar-refractivity contribution in [2.45, 2.75) is 19.3 Å². The van der Waals surface area contributed by atoms with Crippen molar-refractivity contribution >= 4 is 29.3 Å². The molecule has 3 aromatic rings. The molecule has 0 fully saturated rings. The maximum Gasteiger partial charge on any atom is 0.416 e. The number of alkyl halides is 6. The van der Waals surface area contributed by atoms with Gasteiger partial charge < -0.3 is 9.78 Å². The van der Waals surface area contributed by atoms with Crippen molar-refractivity contribution in [3.63, 3.8) is 0 Å². The summed E-state index contributed by atoms with van der Waals surface area (Å²) in [5.41, 5.74) is -2.09. The Morgan fingerprint density at radius 2 is 1.48 bits per heavy atom. The number of aromatic amines is 1. The summed E-state index contributed by atoms with van der Waals surface area (Å²) in [4.78, 5) is 15.2. The minimum Gasteiger partial charge on any atom is -0.353 e. The van der Waals surface area contributed by atoms with Crippen LogP contribution >= 0.6 is 0 Å². The fourth-order valence-electron chi connectivity index (χ4n) is 2.80. The zero-order valence-electron chi connectivity index (χ0n) is 13.9. The number of rotatable bonds is 3. The summed E-state index contributed by atoms with van der Waals surface area (Å²) in [6.07, 6.45) is -9.89. The van der Waals surface area contributed by atoms with Gasteiger partial charge in [0.2, 0.25) is 7.28 Å². The number of fused-ring (bicyclic) bond motifs is 1. The highest BCUT2D eigenvalue weighted by molar-refractivity contribution is 6.86. The Morgan fingerprint density at radius 1 is 0.889 bits per heavy atom. The van der Waals surface area contributed by atoms with Crippen LogP contribution in [0.3, 0.4) is 0 Å². The highest BCUT2D eigenvalue weighted by Crippen LogP contribution is 2.34. The Hall–Kier alpha value is -2.71. The molecule has 1 N–H and O–H groups in total. The molecule has 0 spiro atoms. The summed E-state index contributed by atoms with van der Waals surface area (Å²) >= 11 is 0. The van der Waals surface area contributed by atoms with Crippen LogP contribution in [0.2, 0.25) is 0 Å². The minimum absolute atomic E-state index is 0.0414. The smallest absolute Gasteiger partial charge is 0.353 e. The molecular weight excluding hydrogens is 371 g/mol. The first-order valence-corrected chi connectivity index (χ1v) is 7.84. The molecule has 27 heavy (non-hydrogen) atoms. The fraction of sp³-hybridized carbons (Fsp3) is 0.167. The Labute approximate surface area is 150 Å². The molecule has 0 aliphatic heterocycles. The van der Waals surface area contributed by atoms with E-state index in [2.05, 4.69) is 4.98 Å². The number of nitrogens with one attached hydrogen (secondary N) is 1. The van der Waals surface area contributed by atoms with Gasteiger partial charge in [0.1, 0.15) is 5.68 Å². The van der Waals surface area contributed by atoms with Gasteiger partial charge >= 0.3 is 12.4 Å². The number of aryl methyl sites for hydroxylation is 1. The van der Waals surface area contributed by atoms with E-state index in [1.54, 1.807) is 6.07 Å². The van der Waals surface area contributed by atoms with E-state index in [1.165, 1.54) is 6.07 Å². The molecule has 0 aliphatic carbocycles. The molecule has 1 aromatic heterocycles. The van der Waals surface area contributed by atoms with Gasteiger partial charge in [0, 0.05) is 10.9 Å². The third-order valence-electron chi connectivity index (χ3n) is 4.09. The van der Waals surface area contributed by atoms with Gasteiger partial charge in [-0.15, -0.1) is 0 Å². The Kier molecular flexibility index (Phi) is 4.57. The van der Waals surface area contributed by atoms with Crippen LogP contribution in [-0.4, -0.2) is 17.9 Å². The standard InChI is InChI=1S/C18H12BF6NO/c1-9-2-3-14-10(4-9)5-15(26-14)16(27)19-13-7-11(17(20,21)22)6-12(8-13)18(23,24)25/h2-8,19,26H,1H3. The zero-order chi connectivity index (χ0) is 20.0. The number of hydrogen-bond donors (Lipinski definition) is 1. The number of carbonyl (C=O) groups excluding carboxylic acids is 1. The van der Waals surface area contributed by atoms with E-state index in [-0.39, 0.29) is 17.2 Å². The molecule has 0 saturated heterocycles. The van der Waals surface area contributed by atoms with Gasteiger partial charge in [-0.2, -0.15) is 26.3 Å². The number of aromatic nitrogens is 1. The van der Waals surface area contributed by atoms with Crippen LogP contribution in [-0.2, 0) is 12.4 Å². The zero-order valence-corrected chi connectivity index (χ0v) is 13.9. The van der Waals surface area contributed by atoms with Crippen molar-refractivity contribution in [1.82, 2.24) is 4.98 Å². The lowest BCUT2D eigenvalue weighted by Gasteiger charge is -2.13. The van der Waals surface area contributed by atoms with E-state index in [4.69, 9.17) is 0 Å². The molecule has 2 aromatic carbocycles. The summed E-state index contributed by atoms with van der Waals surface area (Å²) in [7, 11) is -0.585. The predicted molar refractivity (Wildman–Crippen MR) is 90.6 cm³/mol. The highest BCUT2D eigenvalue weighted by atomic mass is 19.4. The monoisotopic (exact) mass is 383 g/mol. The summed E-state index contributed by atoms with van der Waals surface area (Å²) in [6, 6.07) is 8.08. The average molecular weight is 383 g/mol. The van der Waals surface area contributed by atoms with Gasteiger partial charge in [-0.1, -0.05) is 29.2 Å². The lowest BCUT2D eigenvalue weighted by atomic mass is 9.64. The van der Waals surface area contributed by atoms with E-state index >= 15 is 0 Å². The third kappa shape index (κ3) is 4.18. The normalized spacial score (nSPS) is 12.4. The molecule has 9 heteroatoms. The molecule has 0 saturated carbocycles. The average Bonchev–Trinajstić information content (AvgIpc) is 2.96. The van der Waals surface area contributed by atoms with Gasteiger partial charge in [0.05, 0.1) is 16.8 Å². The largest absolute Gasteiger partial charge is 0.416 e. The number of halogens is 6.